The van der Waals surface area contributed by atoms with E-state index in [2.05, 4.69) is 0 Å². The van der Waals surface area contributed by atoms with E-state index in [9.17, 15) is 95.2 Å². The van der Waals surface area contributed by atoms with Gasteiger partial charge in [-0.15, -0.1) is 0 Å². The van der Waals surface area contributed by atoms with Crippen molar-refractivity contribution in [2.24, 2.45) is 41.4 Å². The molecule has 7 rings (SSSR count). The smallest absolute Gasteiger partial charge is 0.337 e. The standard InChI is InChI=1S/C61H86O34/c1-8-26-30(34(53(78)81-5)21-86-56(26)93-59-50(75)47(72)44(69)38(16-63)90-59)12-41(66)84-19-25(15-62)29-11-37(89-43(68)14-32-28(10-3)58(88-23-36(32)55(80)83-7)95-61-52(77)49(74)46(71)40(18-65)92-61)24(4)33(29)20-85-42(67)13-31-27(9-2)57(87-22-35(31)54(79)82-6)94-60-51(76)48(73)45(70)39(17-64)91-60/h8-10,21-25,29-33,37-40,44-52,56-65,69-77H,11-20H2,1-7H3/b26-8-,27-9-,28-10-/t24-,25+,29-,30-,31-,32-,33+,37-,38+,39+,40+,44+,45+,46+,47-,48-,49-,50+,51+,52+,56-,57-,58-,59-,60-,61-/m0/s1. The van der Waals surface area contributed by atoms with Crippen LogP contribution in [0.2, 0.25) is 0 Å². The largest absolute Gasteiger partial charge is 0.468 e. The molecule has 26 atom stereocenters. The van der Waals surface area contributed by atoms with Gasteiger partial charge in [0.2, 0.25) is 18.9 Å². The molecule has 95 heavy (non-hydrogen) atoms. The van der Waals surface area contributed by atoms with E-state index >= 15 is 0 Å². The second kappa shape index (κ2) is 34.4. The Morgan fingerprint density at radius 1 is 0.495 bits per heavy atom. The minimum atomic E-state index is -1.88. The Morgan fingerprint density at radius 2 is 0.832 bits per heavy atom. The summed E-state index contributed by atoms with van der Waals surface area (Å²) in [6.07, 6.45) is -26.1. The Balaban J connectivity index is 1.13. The number of allylic oxidation sites excluding steroid dienone is 3. The molecule has 34 nitrogen and oxygen atoms in total. The quantitative estimate of drug-likeness (QED) is 0.0232. The third-order valence-electron chi connectivity index (χ3n) is 18.1. The fraction of sp³-hybridized carbons (Fsp3) is 0.705. The molecule has 0 unspecified atom stereocenters. The molecule has 0 amide bonds. The number of hydrogen-bond donors (Lipinski definition) is 13. The minimum Gasteiger partial charge on any atom is -0.468 e. The summed E-state index contributed by atoms with van der Waals surface area (Å²) in [4.78, 5) is 82.6. The van der Waals surface area contributed by atoms with Gasteiger partial charge < -0.3 is 137 Å². The monoisotopic (exact) mass is 1360 g/mol. The maximum Gasteiger partial charge on any atom is 0.337 e. The van der Waals surface area contributed by atoms with Gasteiger partial charge in [0.25, 0.3) is 0 Å². The number of esters is 6. The van der Waals surface area contributed by atoms with Crippen molar-refractivity contribution >= 4 is 35.8 Å². The lowest BCUT2D eigenvalue weighted by molar-refractivity contribution is -0.327. The SMILES string of the molecule is C/C=C1\[C@H](O[C@@H]2O[C@H](CO)[C@@H](O)[C@H](O)[C@H]2O)OC=C(C(=O)OC)[C@H]1CC(=O)OC[C@@H](CO)[C@@H]1C[C@H](OC(=O)C[C@@H]2C(C(=O)OC)=CO[C@@H](O[C@@H]3O[C@H](CO)[C@@H](O)[C@H](O)[C@H]3O)/C2=C\C)[C@@H](C)[C@H]1COC(=O)C[C@@H]1C(C(=O)OC)=CO[C@@H](O[C@@H]2O[C@H](CO)[C@@H](O)[C@H](O)[C@H]2O)/C1=C\C. The van der Waals surface area contributed by atoms with Crippen LogP contribution in [-0.2, 0) is 99.8 Å². The van der Waals surface area contributed by atoms with Crippen LogP contribution in [0.15, 0.2) is 70.5 Å². The zero-order valence-corrected chi connectivity index (χ0v) is 52.9. The van der Waals surface area contributed by atoms with E-state index in [0.29, 0.717) is 0 Å². The van der Waals surface area contributed by atoms with Gasteiger partial charge in [-0.25, -0.2) is 14.4 Å². The van der Waals surface area contributed by atoms with Crippen LogP contribution in [0, 0.1) is 41.4 Å². The van der Waals surface area contributed by atoms with Gasteiger partial charge in [-0.1, -0.05) is 25.2 Å². The lowest BCUT2D eigenvalue weighted by Gasteiger charge is -2.42. The van der Waals surface area contributed by atoms with Crippen LogP contribution in [0.5, 0.6) is 0 Å². The molecule has 34 heteroatoms. The molecule has 1 saturated carbocycles. The van der Waals surface area contributed by atoms with Gasteiger partial charge >= 0.3 is 35.8 Å². The van der Waals surface area contributed by atoms with Gasteiger partial charge in [0.15, 0.2) is 18.9 Å². The summed E-state index contributed by atoms with van der Waals surface area (Å²) in [6.45, 7) is 2.07. The van der Waals surface area contributed by atoms with Crippen molar-refractivity contribution in [3.05, 3.63) is 70.5 Å². The fourth-order valence-electron chi connectivity index (χ4n) is 12.6. The number of aliphatic hydroxyl groups is 13. The molecule has 0 aromatic rings. The van der Waals surface area contributed by atoms with Crippen LogP contribution in [0.25, 0.3) is 0 Å². The van der Waals surface area contributed by atoms with E-state index < -0.39 is 253 Å². The molecule has 3 saturated heterocycles. The van der Waals surface area contributed by atoms with E-state index in [1.54, 1.807) is 6.92 Å². The molecular weight excluding hydrogens is 1280 g/mol. The number of hydrogen-bond acceptors (Lipinski definition) is 34. The van der Waals surface area contributed by atoms with Crippen molar-refractivity contribution in [1.82, 2.24) is 0 Å². The predicted molar refractivity (Wildman–Crippen MR) is 308 cm³/mol. The molecule has 4 fully saturated rings. The number of carbonyl (C=O) groups is 6. The van der Waals surface area contributed by atoms with Crippen LogP contribution < -0.4 is 0 Å². The van der Waals surface area contributed by atoms with Gasteiger partial charge in [0.05, 0.1) is 109 Å². The molecule has 0 aromatic carbocycles. The number of rotatable bonds is 25. The Morgan fingerprint density at radius 3 is 1.15 bits per heavy atom. The van der Waals surface area contributed by atoms with Crippen LogP contribution in [-0.4, -0.2) is 280 Å². The third-order valence-corrected chi connectivity index (χ3v) is 18.1. The average molecular weight is 1360 g/mol. The molecule has 0 bridgehead atoms. The highest BCUT2D eigenvalue weighted by molar-refractivity contribution is 5.92. The van der Waals surface area contributed by atoms with Crippen LogP contribution in [0.4, 0.5) is 0 Å². The minimum absolute atomic E-state index is 0.0957. The molecule has 6 heterocycles. The van der Waals surface area contributed by atoms with Gasteiger partial charge in [0, 0.05) is 52.9 Å². The molecule has 7 aliphatic rings. The van der Waals surface area contributed by atoms with Gasteiger partial charge in [-0.3, -0.25) is 14.4 Å². The van der Waals surface area contributed by atoms with E-state index in [1.165, 1.54) is 39.0 Å². The van der Waals surface area contributed by atoms with E-state index in [4.69, 9.17) is 71.1 Å². The number of ether oxygens (including phenoxy) is 15. The second-order valence-corrected chi connectivity index (χ2v) is 23.5. The normalized spacial score (nSPS) is 38.8. The van der Waals surface area contributed by atoms with Gasteiger partial charge in [0.1, 0.15) is 79.4 Å². The molecule has 534 valence electrons. The molecular formula is C61H86O34. The third kappa shape index (κ3) is 17.1. The van der Waals surface area contributed by atoms with Crippen molar-refractivity contribution in [2.45, 2.75) is 170 Å². The zero-order valence-electron chi connectivity index (χ0n) is 52.9. The van der Waals surface area contributed by atoms with Crippen molar-refractivity contribution in [1.29, 1.82) is 0 Å². The van der Waals surface area contributed by atoms with Crippen molar-refractivity contribution in [2.75, 3.05) is 61.0 Å². The second-order valence-electron chi connectivity index (χ2n) is 23.5. The van der Waals surface area contributed by atoms with E-state index in [0.717, 1.165) is 40.1 Å². The predicted octanol–water partition coefficient (Wildman–Crippen LogP) is -4.59. The van der Waals surface area contributed by atoms with E-state index in [-0.39, 0.29) is 39.9 Å². The Labute approximate surface area is 543 Å². The van der Waals surface area contributed by atoms with E-state index in [1.807, 2.05) is 0 Å². The van der Waals surface area contributed by atoms with Crippen LogP contribution in [0.1, 0.15) is 53.4 Å². The summed E-state index contributed by atoms with van der Waals surface area (Å²) in [5.41, 5.74) is -0.281. The van der Waals surface area contributed by atoms with Crippen molar-refractivity contribution in [3.63, 3.8) is 0 Å². The first-order chi connectivity index (χ1) is 45.3. The molecule has 0 spiro atoms. The topological polar surface area (TPSA) is 504 Å². The average Bonchev–Trinajstić information content (AvgIpc) is 1.09. The molecule has 6 aliphatic heterocycles. The zero-order chi connectivity index (χ0) is 69.9. The molecule has 0 aromatic heterocycles. The molecule has 13 N–H and O–H groups in total. The maximum atomic E-state index is 14.4. The highest BCUT2D eigenvalue weighted by Gasteiger charge is 2.52. The summed E-state index contributed by atoms with van der Waals surface area (Å²) in [5, 5.41) is 135. The van der Waals surface area contributed by atoms with Gasteiger partial charge in [-0.2, -0.15) is 0 Å². The highest BCUT2D eigenvalue weighted by Crippen LogP contribution is 2.46. The summed E-state index contributed by atoms with van der Waals surface area (Å²) in [5.74, 6) is -12.8. The summed E-state index contributed by atoms with van der Waals surface area (Å²) >= 11 is 0. The number of carbonyl (C=O) groups excluding carboxylic acids is 6. The lowest BCUT2D eigenvalue weighted by atomic mass is 9.82. The Kier molecular flexibility index (Phi) is 27.6. The Hall–Kier alpha value is -6.10. The first-order valence-electron chi connectivity index (χ1n) is 30.6. The maximum absolute atomic E-state index is 14.4. The number of methoxy groups -OCH3 is 3. The summed E-state index contributed by atoms with van der Waals surface area (Å²) in [6, 6.07) is 0. The summed E-state index contributed by atoms with van der Waals surface area (Å²) < 4.78 is 84.2. The number of aliphatic hydroxyl groups excluding tert-OH is 13. The van der Waals surface area contributed by atoms with Crippen molar-refractivity contribution in [3.8, 4) is 0 Å². The van der Waals surface area contributed by atoms with Crippen LogP contribution >= 0.6 is 0 Å². The fourth-order valence-corrected chi connectivity index (χ4v) is 12.6. The first kappa shape index (κ1) is 76.3. The first-order valence-corrected chi connectivity index (χ1v) is 30.6. The molecule has 1 aliphatic carbocycles. The van der Waals surface area contributed by atoms with Gasteiger partial charge in [-0.05, 0) is 39.0 Å². The molecule has 0 radical (unpaired) electrons. The van der Waals surface area contributed by atoms with Crippen molar-refractivity contribution < 1.29 is 166 Å². The van der Waals surface area contributed by atoms with Crippen LogP contribution in [0.3, 0.4) is 0 Å². The lowest BCUT2D eigenvalue weighted by Crippen LogP contribution is -2.60. The highest BCUT2D eigenvalue weighted by atomic mass is 16.8. The Bertz CT molecular complexity index is 2850. The summed E-state index contributed by atoms with van der Waals surface area (Å²) in [7, 11) is 3.22.